The van der Waals surface area contributed by atoms with Gasteiger partial charge in [-0.3, -0.25) is 15.0 Å². The predicted molar refractivity (Wildman–Crippen MR) is 123 cm³/mol. The van der Waals surface area contributed by atoms with Crippen LogP contribution < -0.4 is 14.4 Å². The molecule has 2 aromatic rings. The zero-order valence-electron chi connectivity index (χ0n) is 17.0. The first-order valence-corrected chi connectivity index (χ1v) is 10.8. The third-order valence-corrected chi connectivity index (χ3v) is 5.03. The van der Waals surface area contributed by atoms with E-state index in [9.17, 15) is 14.9 Å². The number of nitro groups is 1. The summed E-state index contributed by atoms with van der Waals surface area (Å²) in [6.45, 7) is 5.84. The van der Waals surface area contributed by atoms with Gasteiger partial charge in [0.1, 0.15) is 16.9 Å². The summed E-state index contributed by atoms with van der Waals surface area (Å²) in [4.78, 5) is 28.9. The van der Waals surface area contributed by atoms with E-state index in [1.165, 1.54) is 18.1 Å². The lowest BCUT2D eigenvalue weighted by atomic mass is 10.1. The average Bonchev–Trinajstić information content (AvgIpc) is 2.71. The van der Waals surface area contributed by atoms with E-state index >= 15 is 0 Å². The smallest absolute Gasteiger partial charge is 0.414 e. The van der Waals surface area contributed by atoms with Crippen molar-refractivity contribution in [2.75, 3.05) is 31.8 Å². The first kappa shape index (κ1) is 24.6. The summed E-state index contributed by atoms with van der Waals surface area (Å²) in [7, 11) is 1.54. The summed E-state index contributed by atoms with van der Waals surface area (Å²) >= 11 is 6.32. The van der Waals surface area contributed by atoms with Gasteiger partial charge in [0.05, 0.1) is 18.6 Å². The van der Waals surface area contributed by atoms with Crippen LogP contribution in [0, 0.1) is 10.1 Å². The van der Waals surface area contributed by atoms with Crippen molar-refractivity contribution in [3.63, 3.8) is 0 Å². The van der Waals surface area contributed by atoms with Gasteiger partial charge in [0, 0.05) is 12.6 Å². The minimum absolute atomic E-state index is 0.000678. The molecule has 0 atom stereocenters. The van der Waals surface area contributed by atoms with Crippen LogP contribution in [-0.4, -0.2) is 42.9 Å². The molecular formula is C20H21Br2N3O6. The van der Waals surface area contributed by atoms with E-state index in [1.807, 2.05) is 6.07 Å². The molecule has 166 valence electrons. The quantitative estimate of drug-likeness (QED) is 0.169. The molecule has 0 saturated carbocycles. The number of anilines is 1. The summed E-state index contributed by atoms with van der Waals surface area (Å²) in [5, 5.41) is 11.6. The molecule has 31 heavy (non-hydrogen) atoms. The molecule has 1 aromatic heterocycles. The number of ether oxygens (including phenoxy) is 3. The van der Waals surface area contributed by atoms with E-state index in [-0.39, 0.29) is 29.1 Å². The normalized spacial score (nSPS) is 10.3. The van der Waals surface area contributed by atoms with Crippen molar-refractivity contribution < 1.29 is 23.9 Å². The lowest BCUT2D eigenvalue weighted by Gasteiger charge is -2.22. The Kier molecular flexibility index (Phi) is 9.25. The number of methoxy groups -OCH3 is 1. The Morgan fingerprint density at radius 2 is 2.06 bits per heavy atom. The number of amides is 1. The second-order valence-electron chi connectivity index (χ2n) is 6.05. The van der Waals surface area contributed by atoms with Gasteiger partial charge in [-0.25, -0.2) is 9.78 Å². The van der Waals surface area contributed by atoms with E-state index in [2.05, 4.69) is 43.4 Å². The molecule has 1 aromatic carbocycles. The maximum atomic E-state index is 12.6. The maximum absolute atomic E-state index is 12.6. The van der Waals surface area contributed by atoms with E-state index in [1.54, 1.807) is 25.1 Å². The van der Waals surface area contributed by atoms with E-state index in [0.717, 1.165) is 5.56 Å². The largest absolute Gasteiger partial charge is 0.493 e. The molecule has 0 spiro atoms. The molecule has 0 radical (unpaired) electrons. The van der Waals surface area contributed by atoms with Gasteiger partial charge in [-0.15, -0.1) is 0 Å². The van der Waals surface area contributed by atoms with E-state index in [0.29, 0.717) is 29.1 Å². The molecule has 0 aliphatic rings. The van der Waals surface area contributed by atoms with Crippen LogP contribution in [0.15, 0.2) is 46.1 Å². The molecule has 11 heteroatoms. The van der Waals surface area contributed by atoms with E-state index < -0.39 is 11.0 Å². The van der Waals surface area contributed by atoms with Crippen LogP contribution in [0.25, 0.3) is 0 Å². The first-order chi connectivity index (χ1) is 14.8. The molecule has 0 N–H and O–H groups in total. The zero-order chi connectivity index (χ0) is 23.0. The maximum Gasteiger partial charge on any atom is 0.414 e. The summed E-state index contributed by atoms with van der Waals surface area (Å²) in [6, 6.07) is 6.78. The highest BCUT2D eigenvalue weighted by Gasteiger charge is 2.29. The van der Waals surface area contributed by atoms with Crippen molar-refractivity contribution in [1.29, 1.82) is 0 Å². The number of carbonyl (C=O) groups is 1. The van der Waals surface area contributed by atoms with Crippen LogP contribution in [-0.2, 0) is 11.2 Å². The number of hydrogen-bond acceptors (Lipinski definition) is 7. The monoisotopic (exact) mass is 557 g/mol. The zero-order valence-corrected chi connectivity index (χ0v) is 20.1. The van der Waals surface area contributed by atoms with E-state index in [4.69, 9.17) is 14.2 Å². The lowest BCUT2D eigenvalue weighted by Crippen LogP contribution is -2.34. The highest BCUT2D eigenvalue weighted by molar-refractivity contribution is 9.11. The molecule has 0 aliphatic heterocycles. The van der Waals surface area contributed by atoms with Gasteiger partial charge in [-0.1, -0.05) is 18.7 Å². The van der Waals surface area contributed by atoms with Crippen LogP contribution in [0.4, 0.5) is 16.2 Å². The van der Waals surface area contributed by atoms with Gasteiger partial charge < -0.3 is 14.2 Å². The fraction of sp³-hybridized carbons (Fsp3) is 0.300. The summed E-state index contributed by atoms with van der Waals surface area (Å²) < 4.78 is 16.4. The number of nitrogens with zero attached hydrogens (tertiary/aromatic N) is 3. The Morgan fingerprint density at radius 1 is 1.32 bits per heavy atom. The Bertz CT molecular complexity index is 970. The van der Waals surface area contributed by atoms with Crippen LogP contribution in [0.1, 0.15) is 12.5 Å². The molecule has 0 bridgehead atoms. The number of aromatic nitrogens is 1. The molecule has 0 saturated heterocycles. The highest BCUT2D eigenvalue weighted by atomic mass is 79.9. The van der Waals surface area contributed by atoms with Gasteiger partial charge in [-0.2, -0.15) is 0 Å². The second-order valence-corrected chi connectivity index (χ2v) is 7.61. The van der Waals surface area contributed by atoms with Crippen LogP contribution in [0.3, 0.4) is 0 Å². The van der Waals surface area contributed by atoms with Crippen LogP contribution >= 0.6 is 31.9 Å². The summed E-state index contributed by atoms with van der Waals surface area (Å²) in [6.07, 6.45) is 1.29. The number of rotatable bonds is 10. The Morgan fingerprint density at radius 3 is 2.68 bits per heavy atom. The fourth-order valence-electron chi connectivity index (χ4n) is 2.73. The number of halogens is 2. The van der Waals surface area contributed by atoms with Crippen molar-refractivity contribution in [2.45, 2.75) is 13.3 Å². The van der Waals surface area contributed by atoms with Gasteiger partial charge in [0.25, 0.3) is 0 Å². The van der Waals surface area contributed by atoms with Gasteiger partial charge in [0.15, 0.2) is 16.1 Å². The number of benzene rings is 1. The average molecular weight is 559 g/mol. The highest BCUT2D eigenvalue weighted by Crippen LogP contribution is 2.37. The Labute approximate surface area is 196 Å². The third-order valence-electron chi connectivity index (χ3n) is 4.07. The summed E-state index contributed by atoms with van der Waals surface area (Å²) in [5.41, 5.74) is 0.568. The SMILES string of the molecule is C=CCOc1cc(CCN(C(=O)OCC)c2cc(Br)nc(Br)c2[N+](=O)[O-])ccc1OC. The molecule has 1 heterocycles. The van der Waals surface area contributed by atoms with Crippen molar-refractivity contribution >= 4 is 49.3 Å². The van der Waals surface area contributed by atoms with Crippen molar-refractivity contribution in [2.24, 2.45) is 0 Å². The Hall–Kier alpha value is -2.66. The molecule has 0 aliphatic carbocycles. The summed E-state index contributed by atoms with van der Waals surface area (Å²) in [5.74, 6) is 1.09. The molecule has 0 unspecified atom stereocenters. The van der Waals surface area contributed by atoms with Gasteiger partial charge in [0.2, 0.25) is 0 Å². The molecular weight excluding hydrogens is 538 g/mol. The molecule has 2 rings (SSSR count). The van der Waals surface area contributed by atoms with Gasteiger partial charge in [-0.05, 0) is 62.9 Å². The minimum atomic E-state index is -0.702. The Balaban J connectivity index is 2.39. The number of hydrogen-bond donors (Lipinski definition) is 0. The number of pyridine rings is 1. The van der Waals surface area contributed by atoms with Crippen molar-refractivity contribution in [3.8, 4) is 11.5 Å². The predicted octanol–water partition coefficient (Wildman–Crippen LogP) is 5.29. The van der Waals surface area contributed by atoms with Crippen molar-refractivity contribution in [1.82, 2.24) is 4.98 Å². The minimum Gasteiger partial charge on any atom is -0.493 e. The third kappa shape index (κ3) is 6.41. The number of carbonyl (C=O) groups excluding carboxylic acids is 1. The second kappa shape index (κ2) is 11.7. The van der Waals surface area contributed by atoms with Crippen LogP contribution in [0.5, 0.6) is 11.5 Å². The topological polar surface area (TPSA) is 104 Å². The van der Waals surface area contributed by atoms with Gasteiger partial charge >= 0.3 is 11.8 Å². The molecule has 9 nitrogen and oxygen atoms in total. The van der Waals surface area contributed by atoms with Crippen molar-refractivity contribution in [3.05, 3.63) is 61.8 Å². The lowest BCUT2D eigenvalue weighted by molar-refractivity contribution is -0.385. The fourth-order valence-corrected chi connectivity index (χ4v) is 3.90. The van der Waals surface area contributed by atoms with Crippen LogP contribution in [0.2, 0.25) is 0 Å². The standard InChI is InChI=1S/C20H21Br2N3O6/c1-4-10-31-16-11-13(6-7-15(16)29-3)8-9-24(20(26)30-5-2)14-12-17(21)23-19(22)18(14)25(27)28/h4,6-7,11-12H,1,5,8-10H2,2-3H3. The molecule has 1 amide bonds. The first-order valence-electron chi connectivity index (χ1n) is 9.17. The molecule has 0 fully saturated rings.